The molecule has 34 heavy (non-hydrogen) atoms. The minimum Gasteiger partial charge on any atom is -0.490 e. The quantitative estimate of drug-likeness (QED) is 0.269. The Kier molecular flexibility index (Phi) is 8.64. The fourth-order valence-electron chi connectivity index (χ4n) is 5.53. The van der Waals surface area contributed by atoms with E-state index < -0.39 is 5.82 Å². The summed E-state index contributed by atoms with van der Waals surface area (Å²) in [5, 5.41) is 0. The maximum absolute atomic E-state index is 14.8. The first-order valence-electron chi connectivity index (χ1n) is 13.3. The van der Waals surface area contributed by atoms with Gasteiger partial charge in [-0.25, -0.2) is 0 Å². The Morgan fingerprint density at radius 2 is 1.65 bits per heavy atom. The molecule has 0 saturated heterocycles. The van der Waals surface area contributed by atoms with E-state index in [9.17, 15) is 9.18 Å². The molecule has 0 N–H and O–H groups in total. The van der Waals surface area contributed by atoms with E-state index in [-0.39, 0.29) is 23.4 Å². The van der Waals surface area contributed by atoms with E-state index in [1.807, 2.05) is 13.0 Å². The molecule has 3 nitrogen and oxygen atoms in total. The Morgan fingerprint density at radius 3 is 2.32 bits per heavy atom. The minimum absolute atomic E-state index is 0.0734. The van der Waals surface area contributed by atoms with Gasteiger partial charge in [0.05, 0.1) is 12.5 Å². The third-order valence-corrected chi connectivity index (χ3v) is 7.69. The monoisotopic (exact) mass is 466 g/mol. The van der Waals surface area contributed by atoms with Crippen LogP contribution in [0.4, 0.5) is 4.39 Å². The Bertz CT molecular complexity index is 944. The van der Waals surface area contributed by atoms with Crippen LogP contribution >= 0.6 is 0 Å². The number of benzene rings is 2. The van der Waals surface area contributed by atoms with Crippen molar-refractivity contribution in [1.29, 1.82) is 0 Å². The molecule has 1 atom stereocenters. The van der Waals surface area contributed by atoms with Crippen LogP contribution in [0.5, 0.6) is 11.5 Å². The van der Waals surface area contributed by atoms with Gasteiger partial charge in [0, 0.05) is 0 Å². The predicted molar refractivity (Wildman–Crippen MR) is 134 cm³/mol. The van der Waals surface area contributed by atoms with E-state index in [0.29, 0.717) is 18.9 Å². The fraction of sp³-hybridized carbons (Fsp3) is 0.567. The van der Waals surface area contributed by atoms with Gasteiger partial charge in [-0.3, -0.25) is 4.79 Å². The number of carbonyl (C=O) groups excluding carboxylic acids is 1. The molecule has 4 rings (SSSR count). The largest absolute Gasteiger partial charge is 0.490 e. The zero-order valence-electron chi connectivity index (χ0n) is 20.8. The Morgan fingerprint density at radius 1 is 0.941 bits per heavy atom. The normalized spacial score (nSPS) is 22.2. The highest BCUT2D eigenvalue weighted by atomic mass is 19.1. The summed E-state index contributed by atoms with van der Waals surface area (Å²) in [7, 11) is 0. The number of hydrogen-bond donors (Lipinski definition) is 0. The second-order valence-corrected chi connectivity index (χ2v) is 10.2. The van der Waals surface area contributed by atoms with Gasteiger partial charge in [-0.2, -0.15) is 4.39 Å². The number of ether oxygens (including phenoxy) is 2. The molecule has 1 saturated carbocycles. The third-order valence-electron chi connectivity index (χ3n) is 7.69. The molecular weight excluding hydrogens is 427 g/mol. The molecular formula is C30H39FO3. The first-order chi connectivity index (χ1) is 16.6. The summed E-state index contributed by atoms with van der Waals surface area (Å²) >= 11 is 0. The van der Waals surface area contributed by atoms with Crippen LogP contribution in [0.15, 0.2) is 36.4 Å². The molecule has 0 bridgehead atoms. The summed E-state index contributed by atoms with van der Waals surface area (Å²) in [4.78, 5) is 12.8. The first-order valence-corrected chi connectivity index (χ1v) is 13.3. The highest BCUT2D eigenvalue weighted by Crippen LogP contribution is 2.42. The number of unbranched alkanes of at least 4 members (excludes halogenated alkanes) is 1. The lowest BCUT2D eigenvalue weighted by molar-refractivity contribution is -0.143. The molecule has 1 fully saturated rings. The van der Waals surface area contributed by atoms with Crippen molar-refractivity contribution in [3.05, 3.63) is 58.9 Å². The van der Waals surface area contributed by atoms with Crippen LogP contribution in [0.2, 0.25) is 0 Å². The number of aryl methyl sites for hydroxylation is 2. The number of esters is 1. The zero-order valence-corrected chi connectivity index (χ0v) is 20.8. The van der Waals surface area contributed by atoms with Crippen LogP contribution in [0.1, 0.15) is 81.9 Å². The van der Waals surface area contributed by atoms with Crippen LogP contribution in [0.3, 0.4) is 0 Å². The Hall–Kier alpha value is -2.36. The van der Waals surface area contributed by atoms with Crippen molar-refractivity contribution in [1.82, 2.24) is 0 Å². The molecule has 1 aliphatic heterocycles. The average molecular weight is 467 g/mol. The number of halogens is 1. The van der Waals surface area contributed by atoms with Crippen LogP contribution in [-0.2, 0) is 24.1 Å². The van der Waals surface area contributed by atoms with E-state index in [2.05, 4.69) is 31.2 Å². The molecule has 2 aromatic rings. The summed E-state index contributed by atoms with van der Waals surface area (Å²) in [5.41, 5.74) is 3.66. The summed E-state index contributed by atoms with van der Waals surface area (Å²) in [6.07, 6.45) is 11.8. The third kappa shape index (κ3) is 6.00. The number of rotatable bonds is 10. The van der Waals surface area contributed by atoms with Gasteiger partial charge < -0.3 is 9.47 Å². The summed E-state index contributed by atoms with van der Waals surface area (Å²) in [5.74, 6) is 0.316. The lowest BCUT2D eigenvalue weighted by Gasteiger charge is -2.35. The number of hydrogen-bond acceptors (Lipinski definition) is 3. The molecule has 4 heteroatoms. The van der Waals surface area contributed by atoms with Crippen LogP contribution < -0.4 is 9.47 Å². The van der Waals surface area contributed by atoms with Crippen molar-refractivity contribution < 1.29 is 18.7 Å². The van der Waals surface area contributed by atoms with E-state index in [1.54, 1.807) is 6.07 Å². The number of carbonyl (C=O) groups is 1. The average Bonchev–Trinajstić information content (AvgIpc) is 2.87. The number of fused-ring (bicyclic) bond motifs is 1. The van der Waals surface area contributed by atoms with E-state index in [0.717, 1.165) is 50.0 Å². The Labute approximate surface area is 204 Å². The molecule has 0 radical (unpaired) electrons. The fourth-order valence-corrected chi connectivity index (χ4v) is 5.53. The van der Waals surface area contributed by atoms with Gasteiger partial charge in [0.15, 0.2) is 11.5 Å². The van der Waals surface area contributed by atoms with Crippen molar-refractivity contribution in [3.63, 3.8) is 0 Å². The van der Waals surface area contributed by atoms with Gasteiger partial charge >= 0.3 is 5.97 Å². The molecule has 184 valence electrons. The molecule has 2 aromatic carbocycles. The van der Waals surface area contributed by atoms with Gasteiger partial charge in [0.25, 0.3) is 0 Å². The summed E-state index contributed by atoms with van der Waals surface area (Å²) in [6.45, 7) is 4.65. The second kappa shape index (κ2) is 11.9. The van der Waals surface area contributed by atoms with Gasteiger partial charge in [0.1, 0.15) is 0 Å². The van der Waals surface area contributed by atoms with Crippen LogP contribution in [-0.4, -0.2) is 12.6 Å². The van der Waals surface area contributed by atoms with Crippen LogP contribution in [0, 0.1) is 23.6 Å². The topological polar surface area (TPSA) is 35.5 Å². The maximum atomic E-state index is 14.8. The Balaban J connectivity index is 1.27. The van der Waals surface area contributed by atoms with Crippen LogP contribution in [0.25, 0.3) is 0 Å². The van der Waals surface area contributed by atoms with E-state index >= 15 is 0 Å². The van der Waals surface area contributed by atoms with Crippen molar-refractivity contribution in [2.24, 2.45) is 17.8 Å². The molecule has 1 aliphatic carbocycles. The van der Waals surface area contributed by atoms with Crippen molar-refractivity contribution in [3.8, 4) is 11.5 Å². The summed E-state index contributed by atoms with van der Waals surface area (Å²) < 4.78 is 25.7. The summed E-state index contributed by atoms with van der Waals surface area (Å²) in [6, 6.07) is 12.7. The molecule has 2 aliphatic rings. The van der Waals surface area contributed by atoms with E-state index in [4.69, 9.17) is 9.47 Å². The van der Waals surface area contributed by atoms with Gasteiger partial charge in [0.2, 0.25) is 5.82 Å². The van der Waals surface area contributed by atoms with Crippen molar-refractivity contribution >= 4 is 5.97 Å². The molecule has 1 unspecified atom stereocenters. The highest BCUT2D eigenvalue weighted by Gasteiger charge is 2.38. The van der Waals surface area contributed by atoms with Crippen molar-refractivity contribution in [2.75, 3.05) is 6.61 Å². The van der Waals surface area contributed by atoms with Crippen molar-refractivity contribution in [2.45, 2.75) is 84.5 Å². The molecule has 0 amide bonds. The second-order valence-electron chi connectivity index (χ2n) is 10.2. The molecule has 1 heterocycles. The van der Waals surface area contributed by atoms with Gasteiger partial charge in [-0.1, -0.05) is 63.4 Å². The van der Waals surface area contributed by atoms with Gasteiger partial charge in [-0.15, -0.1) is 0 Å². The van der Waals surface area contributed by atoms with E-state index in [1.165, 1.54) is 36.8 Å². The lowest BCUT2D eigenvalue weighted by atomic mass is 9.72. The highest BCUT2D eigenvalue weighted by molar-refractivity contribution is 5.78. The molecule has 0 aromatic heterocycles. The predicted octanol–water partition coefficient (Wildman–Crippen LogP) is 7.47. The molecule has 0 spiro atoms. The van der Waals surface area contributed by atoms with Gasteiger partial charge in [-0.05, 0) is 86.0 Å². The first kappa shape index (κ1) is 24.8. The smallest absolute Gasteiger partial charge is 0.315 e. The lowest BCUT2D eigenvalue weighted by Crippen LogP contribution is -2.35. The standard InChI is InChI=1S/C30H39FO3/c1-3-5-6-21-7-9-22(10-8-21)11-12-23-13-15-24(16-14-23)26-20-25-17-18-27(33-19-4-2)28(31)29(25)34-30(26)32/h7-10,17-18,23-24,26H,3-6,11-16,19-20H2,1-2H3. The minimum atomic E-state index is -0.542. The SMILES string of the molecule is CCCCc1ccc(CCC2CCC(C3Cc4ccc(OCCC)c(F)c4OC3=O)CC2)cc1. The zero-order chi connectivity index (χ0) is 23.9. The maximum Gasteiger partial charge on any atom is 0.315 e.